The highest BCUT2D eigenvalue weighted by Crippen LogP contribution is 2.26. The molecule has 2 N–H and O–H groups in total. The molecule has 0 saturated heterocycles. The monoisotopic (exact) mass is 380 g/mol. The zero-order chi connectivity index (χ0) is 19.1. The van der Waals surface area contributed by atoms with Gasteiger partial charge >= 0.3 is 0 Å². The zero-order valence-electron chi connectivity index (χ0n) is 14.7. The molecule has 1 aromatic heterocycles. The average molecular weight is 380 g/mol. The molecule has 27 heavy (non-hydrogen) atoms. The summed E-state index contributed by atoms with van der Waals surface area (Å²) in [4.78, 5) is 11.0. The minimum Gasteiger partial charge on any atom is -0.489 e. The highest BCUT2D eigenvalue weighted by Gasteiger charge is 2.14. The largest absolute Gasteiger partial charge is 0.489 e. The summed E-state index contributed by atoms with van der Waals surface area (Å²) in [5, 5.41) is 9.06. The van der Waals surface area contributed by atoms with Crippen LogP contribution < -0.4 is 10.5 Å². The summed E-state index contributed by atoms with van der Waals surface area (Å²) in [5.74, 6) is 1.24. The van der Waals surface area contributed by atoms with Crippen molar-refractivity contribution >= 4 is 17.7 Å². The number of aromatic nitrogens is 3. The van der Waals surface area contributed by atoms with Gasteiger partial charge in [-0.25, -0.2) is 0 Å². The molecule has 138 valence electrons. The normalized spacial score (nSPS) is 10.5. The van der Waals surface area contributed by atoms with E-state index < -0.39 is 5.91 Å². The average Bonchev–Trinajstić information content (AvgIpc) is 3.09. The van der Waals surface area contributed by atoms with Crippen LogP contribution in [0.25, 0.3) is 11.4 Å². The van der Waals surface area contributed by atoms with Crippen LogP contribution in [0.4, 0.5) is 0 Å². The Morgan fingerprint density at radius 2 is 1.89 bits per heavy atom. The molecule has 0 unspecified atom stereocenters. The molecule has 2 aromatic carbocycles. The van der Waals surface area contributed by atoms with Crippen molar-refractivity contribution < 1.29 is 9.53 Å². The number of allylic oxidation sites excluding steroid dienone is 1. The standard InChI is InChI=1S/C20H20N4O2S/c1-2-12-24-19(22-23-20(24)27-14-18(21)25)16-8-10-17(11-9-16)26-13-15-6-4-3-5-7-15/h2-11H,1,12-14H2,(H2,21,25). The smallest absolute Gasteiger partial charge is 0.227 e. The molecule has 7 heteroatoms. The van der Waals surface area contributed by atoms with Gasteiger partial charge in [-0.3, -0.25) is 9.36 Å². The maximum Gasteiger partial charge on any atom is 0.227 e. The van der Waals surface area contributed by atoms with E-state index in [2.05, 4.69) is 16.8 Å². The molecule has 3 aromatic rings. The van der Waals surface area contributed by atoms with Crippen LogP contribution in [0.2, 0.25) is 0 Å². The maximum atomic E-state index is 11.0. The molecule has 0 saturated carbocycles. The lowest BCUT2D eigenvalue weighted by atomic mass is 10.2. The lowest BCUT2D eigenvalue weighted by Crippen LogP contribution is -2.13. The van der Waals surface area contributed by atoms with Crippen LogP contribution in [0.3, 0.4) is 0 Å². The number of carbonyl (C=O) groups excluding carboxylic acids is 1. The van der Waals surface area contributed by atoms with Crippen LogP contribution in [0.5, 0.6) is 5.75 Å². The van der Waals surface area contributed by atoms with Gasteiger partial charge in [-0.05, 0) is 29.8 Å². The summed E-state index contributed by atoms with van der Waals surface area (Å²) < 4.78 is 7.72. The van der Waals surface area contributed by atoms with E-state index in [9.17, 15) is 4.79 Å². The number of carbonyl (C=O) groups is 1. The van der Waals surface area contributed by atoms with Crippen LogP contribution in [-0.4, -0.2) is 26.4 Å². The van der Waals surface area contributed by atoms with E-state index in [1.807, 2.05) is 59.2 Å². The molecule has 0 bridgehead atoms. The van der Waals surface area contributed by atoms with Crippen LogP contribution in [0.15, 0.2) is 72.4 Å². The Bertz CT molecular complexity index is 907. The van der Waals surface area contributed by atoms with Crippen LogP contribution in [0.1, 0.15) is 5.56 Å². The van der Waals surface area contributed by atoms with Crippen LogP contribution >= 0.6 is 11.8 Å². The van der Waals surface area contributed by atoms with Gasteiger partial charge in [0.05, 0.1) is 5.75 Å². The third kappa shape index (κ3) is 4.98. The Morgan fingerprint density at radius 1 is 1.15 bits per heavy atom. The highest BCUT2D eigenvalue weighted by atomic mass is 32.2. The van der Waals surface area contributed by atoms with Crippen molar-refractivity contribution in [3.63, 3.8) is 0 Å². The van der Waals surface area contributed by atoms with E-state index in [-0.39, 0.29) is 5.75 Å². The number of benzene rings is 2. The number of hydrogen-bond acceptors (Lipinski definition) is 5. The Hall–Kier alpha value is -3.06. The van der Waals surface area contributed by atoms with Gasteiger partial charge in [-0.2, -0.15) is 0 Å². The summed E-state index contributed by atoms with van der Waals surface area (Å²) in [6, 6.07) is 17.7. The van der Waals surface area contributed by atoms with Crippen molar-refractivity contribution in [1.29, 1.82) is 0 Å². The Morgan fingerprint density at radius 3 is 2.56 bits per heavy atom. The third-order valence-corrected chi connectivity index (χ3v) is 4.72. The molecule has 0 aliphatic carbocycles. The summed E-state index contributed by atoms with van der Waals surface area (Å²) >= 11 is 1.26. The number of amides is 1. The molecule has 0 aliphatic heterocycles. The second-order valence-electron chi connectivity index (χ2n) is 5.76. The predicted molar refractivity (Wildman–Crippen MR) is 106 cm³/mol. The topological polar surface area (TPSA) is 83.0 Å². The first-order valence-corrected chi connectivity index (χ1v) is 9.38. The minimum atomic E-state index is -0.394. The Labute approximate surface area is 162 Å². The second kappa shape index (κ2) is 9.05. The third-order valence-electron chi connectivity index (χ3n) is 3.73. The van der Waals surface area contributed by atoms with Crippen molar-refractivity contribution in [2.75, 3.05) is 5.75 Å². The van der Waals surface area contributed by atoms with E-state index in [0.717, 1.165) is 16.9 Å². The van der Waals surface area contributed by atoms with Gasteiger partial charge in [0.1, 0.15) is 12.4 Å². The Kier molecular flexibility index (Phi) is 6.27. The summed E-state index contributed by atoms with van der Waals surface area (Å²) in [5.41, 5.74) is 7.24. The number of ether oxygens (including phenoxy) is 1. The fraction of sp³-hybridized carbons (Fsp3) is 0.150. The van der Waals surface area contributed by atoms with Crippen molar-refractivity contribution in [3.05, 3.63) is 72.8 Å². The molecule has 0 radical (unpaired) electrons. The van der Waals surface area contributed by atoms with Gasteiger partial charge in [-0.15, -0.1) is 16.8 Å². The molecule has 6 nitrogen and oxygen atoms in total. The second-order valence-corrected chi connectivity index (χ2v) is 6.70. The molecule has 0 aliphatic rings. The van der Waals surface area contributed by atoms with Crippen molar-refractivity contribution in [3.8, 4) is 17.1 Å². The SMILES string of the molecule is C=CCn1c(SCC(N)=O)nnc1-c1ccc(OCc2ccccc2)cc1. The highest BCUT2D eigenvalue weighted by molar-refractivity contribution is 7.99. The fourth-order valence-corrected chi connectivity index (χ4v) is 3.17. The molecule has 3 rings (SSSR count). The van der Waals surface area contributed by atoms with Gasteiger partial charge < -0.3 is 10.5 Å². The Balaban J connectivity index is 1.74. The number of rotatable bonds is 9. The van der Waals surface area contributed by atoms with Crippen molar-refractivity contribution in [2.24, 2.45) is 5.73 Å². The van der Waals surface area contributed by atoms with E-state index in [0.29, 0.717) is 24.1 Å². The molecular weight excluding hydrogens is 360 g/mol. The summed E-state index contributed by atoms with van der Waals surface area (Å²) in [6.07, 6.45) is 1.76. The first-order valence-electron chi connectivity index (χ1n) is 8.39. The fourth-order valence-electron chi connectivity index (χ4n) is 2.48. The molecule has 0 atom stereocenters. The number of nitrogens with two attached hydrogens (primary N) is 1. The van der Waals surface area contributed by atoms with Gasteiger partial charge in [0.25, 0.3) is 0 Å². The molecule has 1 amide bonds. The summed E-state index contributed by atoms with van der Waals surface area (Å²) in [6.45, 7) is 4.83. The number of hydrogen-bond donors (Lipinski definition) is 1. The first-order chi connectivity index (χ1) is 13.2. The molecule has 0 fully saturated rings. The van der Waals surface area contributed by atoms with E-state index in [1.54, 1.807) is 6.08 Å². The van der Waals surface area contributed by atoms with Crippen LogP contribution in [-0.2, 0) is 17.9 Å². The predicted octanol–water partition coefficient (Wildman–Crippen LogP) is 3.29. The van der Waals surface area contributed by atoms with Gasteiger partial charge in [0, 0.05) is 12.1 Å². The number of nitrogens with zero attached hydrogens (tertiary/aromatic N) is 3. The quantitative estimate of drug-likeness (QED) is 0.455. The van der Waals surface area contributed by atoms with E-state index >= 15 is 0 Å². The number of primary amides is 1. The minimum absolute atomic E-state index is 0.154. The molecule has 1 heterocycles. The lowest BCUT2D eigenvalue weighted by Gasteiger charge is -2.09. The van der Waals surface area contributed by atoms with Crippen LogP contribution in [0, 0.1) is 0 Å². The summed E-state index contributed by atoms with van der Waals surface area (Å²) in [7, 11) is 0. The lowest BCUT2D eigenvalue weighted by molar-refractivity contribution is -0.115. The van der Waals surface area contributed by atoms with E-state index in [1.165, 1.54) is 11.8 Å². The van der Waals surface area contributed by atoms with Gasteiger partial charge in [-0.1, -0.05) is 48.2 Å². The van der Waals surface area contributed by atoms with Gasteiger partial charge in [0.2, 0.25) is 5.91 Å². The van der Waals surface area contributed by atoms with Crippen molar-refractivity contribution in [2.45, 2.75) is 18.3 Å². The maximum absolute atomic E-state index is 11.0. The van der Waals surface area contributed by atoms with Crippen molar-refractivity contribution in [1.82, 2.24) is 14.8 Å². The molecule has 0 spiro atoms. The first kappa shape index (κ1) is 18.7. The molecular formula is C20H20N4O2S. The van der Waals surface area contributed by atoms with Gasteiger partial charge in [0.15, 0.2) is 11.0 Å². The number of thioether (sulfide) groups is 1. The zero-order valence-corrected chi connectivity index (χ0v) is 15.6. The van der Waals surface area contributed by atoms with E-state index in [4.69, 9.17) is 10.5 Å².